The van der Waals surface area contributed by atoms with Crippen molar-refractivity contribution in [2.45, 2.75) is 22.9 Å². The van der Waals surface area contributed by atoms with Crippen LogP contribution in [0.15, 0.2) is 29.2 Å². The van der Waals surface area contributed by atoms with E-state index in [1.807, 2.05) is 0 Å². The Morgan fingerprint density at radius 1 is 1.32 bits per heavy atom. The van der Waals surface area contributed by atoms with Crippen LogP contribution < -0.4 is 5.32 Å². The second kappa shape index (κ2) is 7.81. The number of amides is 1. The van der Waals surface area contributed by atoms with Crippen LogP contribution in [0.3, 0.4) is 0 Å². The van der Waals surface area contributed by atoms with Gasteiger partial charge in [0.25, 0.3) is 5.91 Å². The topological polar surface area (TPSA) is 116 Å². The Bertz CT molecular complexity index is 829. The van der Waals surface area contributed by atoms with Crippen LogP contribution in [0.5, 0.6) is 0 Å². The second-order valence-electron chi connectivity index (χ2n) is 5.71. The Hall–Kier alpha value is -1.49. The highest BCUT2D eigenvalue weighted by molar-refractivity contribution is 7.96. The van der Waals surface area contributed by atoms with Crippen LogP contribution in [-0.4, -0.2) is 66.6 Å². The van der Waals surface area contributed by atoms with Crippen molar-refractivity contribution in [2.75, 3.05) is 32.3 Å². The molecule has 0 unspecified atom stereocenters. The minimum atomic E-state index is -3.81. The van der Waals surface area contributed by atoms with Crippen molar-refractivity contribution in [3.8, 4) is 0 Å². The number of sulfone groups is 2. The van der Waals surface area contributed by atoms with Crippen molar-refractivity contribution in [2.24, 2.45) is 0 Å². The minimum Gasteiger partial charge on any atom is -0.354 e. The van der Waals surface area contributed by atoms with E-state index in [2.05, 4.69) is 5.32 Å². The first-order chi connectivity index (χ1) is 11.7. The van der Waals surface area contributed by atoms with Crippen LogP contribution in [0.2, 0.25) is 0 Å². The van der Waals surface area contributed by atoms with E-state index < -0.39 is 37.1 Å². The molecule has 1 aliphatic rings. The maximum absolute atomic E-state index is 12.6. The average Bonchev–Trinajstić information content (AvgIpc) is 2.96. The summed E-state index contributed by atoms with van der Waals surface area (Å²) in [7, 11) is -4.27. The van der Waals surface area contributed by atoms with Crippen LogP contribution in [0, 0.1) is 0 Å². The molecular weight excluding hydrogens is 370 g/mol. The Balaban J connectivity index is 2.17. The number of hydrogen-bond donors (Lipinski definition) is 1. The van der Waals surface area contributed by atoms with Crippen LogP contribution >= 0.6 is 0 Å². The lowest BCUT2D eigenvalue weighted by molar-refractivity contribution is -0.0974. The van der Waals surface area contributed by atoms with Gasteiger partial charge in [-0.3, -0.25) is 4.79 Å². The smallest absolute Gasteiger partial charge is 0.251 e. The molecule has 8 nitrogen and oxygen atoms in total. The van der Waals surface area contributed by atoms with E-state index in [4.69, 9.17) is 9.47 Å². The monoisotopic (exact) mass is 391 g/mol. The van der Waals surface area contributed by atoms with Gasteiger partial charge in [0.15, 0.2) is 26.0 Å². The molecule has 0 spiro atoms. The predicted molar refractivity (Wildman–Crippen MR) is 90.8 cm³/mol. The Morgan fingerprint density at radius 2 is 2.00 bits per heavy atom. The van der Waals surface area contributed by atoms with Gasteiger partial charge in [0, 0.05) is 19.8 Å². The number of hydrogen-bond acceptors (Lipinski definition) is 7. The van der Waals surface area contributed by atoms with Gasteiger partial charge in [-0.15, -0.1) is 0 Å². The standard InChI is InChI=1S/C15H21NO7S2/c1-22-14(23-2)9-16-15(17)11-4-3-5-12(8-11)25(20,21)13-6-7-24(18,19)10-13/h3-5,8,13-14H,6-7,9-10H2,1-2H3,(H,16,17)/t13-/m1/s1. The van der Waals surface area contributed by atoms with E-state index >= 15 is 0 Å². The highest BCUT2D eigenvalue weighted by atomic mass is 32.2. The number of methoxy groups -OCH3 is 2. The van der Waals surface area contributed by atoms with Gasteiger partial charge in [-0.25, -0.2) is 16.8 Å². The van der Waals surface area contributed by atoms with Crippen molar-refractivity contribution in [3.05, 3.63) is 29.8 Å². The van der Waals surface area contributed by atoms with Crippen molar-refractivity contribution in [1.29, 1.82) is 0 Å². The van der Waals surface area contributed by atoms with Crippen LogP contribution in [0.25, 0.3) is 0 Å². The van der Waals surface area contributed by atoms with Gasteiger partial charge in [-0.05, 0) is 24.6 Å². The summed E-state index contributed by atoms with van der Waals surface area (Å²) in [4.78, 5) is 12.1. The summed E-state index contributed by atoms with van der Waals surface area (Å²) in [5, 5.41) is 1.61. The molecule has 1 aliphatic heterocycles. The number of benzene rings is 1. The zero-order valence-electron chi connectivity index (χ0n) is 14.0. The van der Waals surface area contributed by atoms with E-state index in [1.165, 1.54) is 38.5 Å². The largest absolute Gasteiger partial charge is 0.354 e. The Morgan fingerprint density at radius 3 is 2.56 bits per heavy atom. The molecule has 0 saturated carbocycles. The fourth-order valence-electron chi connectivity index (χ4n) is 2.55. The van der Waals surface area contributed by atoms with Gasteiger partial charge in [0.2, 0.25) is 0 Å². The molecule has 1 aromatic rings. The lowest BCUT2D eigenvalue weighted by Crippen LogP contribution is -2.34. The van der Waals surface area contributed by atoms with Gasteiger partial charge in [-0.2, -0.15) is 0 Å². The molecular formula is C15H21NO7S2. The maximum Gasteiger partial charge on any atom is 0.251 e. The van der Waals surface area contributed by atoms with Gasteiger partial charge >= 0.3 is 0 Å². The fourth-order valence-corrected chi connectivity index (χ4v) is 6.96. The summed E-state index contributed by atoms with van der Waals surface area (Å²) >= 11 is 0. The molecule has 0 aliphatic carbocycles. The second-order valence-corrected chi connectivity index (χ2v) is 10.2. The summed E-state index contributed by atoms with van der Waals surface area (Å²) in [6.45, 7) is 0.101. The van der Waals surface area contributed by atoms with Crippen LogP contribution in [0.4, 0.5) is 0 Å². The third-order valence-electron chi connectivity index (χ3n) is 4.01. The summed E-state index contributed by atoms with van der Waals surface area (Å²) in [6, 6.07) is 5.55. The zero-order chi connectivity index (χ0) is 18.7. The minimum absolute atomic E-state index is 0.0581. The maximum atomic E-state index is 12.6. The molecule has 1 atom stereocenters. The molecule has 0 aromatic heterocycles. The van der Waals surface area contributed by atoms with Crippen molar-refractivity contribution in [3.63, 3.8) is 0 Å². The molecule has 1 fully saturated rings. The summed E-state index contributed by atoms with van der Waals surface area (Å²) in [5.74, 6) is -0.989. The first-order valence-electron chi connectivity index (χ1n) is 7.58. The van der Waals surface area contributed by atoms with E-state index in [1.54, 1.807) is 0 Å². The molecule has 0 radical (unpaired) electrons. The first-order valence-corrected chi connectivity index (χ1v) is 10.9. The van der Waals surface area contributed by atoms with Gasteiger partial charge < -0.3 is 14.8 Å². The summed E-state index contributed by atoms with van der Waals surface area (Å²) < 4.78 is 58.3. The molecule has 2 rings (SSSR count). The van der Waals surface area contributed by atoms with Gasteiger partial charge in [0.1, 0.15) is 0 Å². The van der Waals surface area contributed by atoms with Crippen molar-refractivity contribution < 1.29 is 31.1 Å². The lowest BCUT2D eigenvalue weighted by Gasteiger charge is -2.15. The van der Waals surface area contributed by atoms with Gasteiger partial charge in [-0.1, -0.05) is 6.07 Å². The molecule has 10 heteroatoms. The fraction of sp³-hybridized carbons (Fsp3) is 0.533. The molecule has 0 bridgehead atoms. The molecule has 1 aromatic carbocycles. The number of ether oxygens (including phenoxy) is 2. The number of carbonyl (C=O) groups excluding carboxylic acids is 1. The van der Waals surface area contributed by atoms with E-state index in [0.717, 1.165) is 0 Å². The highest BCUT2D eigenvalue weighted by Gasteiger charge is 2.38. The molecule has 1 heterocycles. The zero-order valence-corrected chi connectivity index (χ0v) is 15.6. The molecule has 140 valence electrons. The summed E-state index contributed by atoms with van der Waals surface area (Å²) in [6.07, 6.45) is -0.538. The third-order valence-corrected chi connectivity index (χ3v) is 8.18. The average molecular weight is 391 g/mol. The van der Waals surface area contributed by atoms with Crippen LogP contribution in [-0.2, 0) is 29.1 Å². The quantitative estimate of drug-likeness (QED) is 0.650. The first kappa shape index (κ1) is 19.8. The normalized spacial score (nSPS) is 19.9. The SMILES string of the molecule is COC(CNC(=O)c1cccc(S(=O)(=O)[C@@H]2CCS(=O)(=O)C2)c1)OC. The predicted octanol–water partition coefficient (Wildman–Crippen LogP) is -0.00390. The van der Waals surface area contributed by atoms with Crippen molar-refractivity contribution >= 4 is 25.6 Å². The van der Waals surface area contributed by atoms with E-state index in [9.17, 15) is 21.6 Å². The highest BCUT2D eigenvalue weighted by Crippen LogP contribution is 2.25. The summed E-state index contributed by atoms with van der Waals surface area (Å²) in [5.41, 5.74) is 0.160. The molecule has 1 saturated heterocycles. The van der Waals surface area contributed by atoms with E-state index in [-0.39, 0.29) is 34.9 Å². The number of rotatable bonds is 7. The molecule has 25 heavy (non-hydrogen) atoms. The van der Waals surface area contributed by atoms with Gasteiger partial charge in [0.05, 0.1) is 28.2 Å². The molecule has 1 amide bonds. The lowest BCUT2D eigenvalue weighted by atomic mass is 10.2. The van der Waals surface area contributed by atoms with E-state index in [0.29, 0.717) is 0 Å². The van der Waals surface area contributed by atoms with Crippen molar-refractivity contribution in [1.82, 2.24) is 5.32 Å². The third kappa shape index (κ3) is 4.78. The Kier molecular flexibility index (Phi) is 6.20. The number of carbonyl (C=O) groups is 1. The van der Waals surface area contributed by atoms with Crippen LogP contribution in [0.1, 0.15) is 16.8 Å². The molecule has 1 N–H and O–H groups in total. The Labute approximate surface area is 147 Å². The number of nitrogens with one attached hydrogen (secondary N) is 1.